The van der Waals surface area contributed by atoms with Gasteiger partial charge in [0.15, 0.2) is 9.84 Å². The normalized spacial score (nSPS) is 11.6. The van der Waals surface area contributed by atoms with E-state index in [1.807, 2.05) is 24.4 Å². The highest BCUT2D eigenvalue weighted by Gasteiger charge is 2.15. The van der Waals surface area contributed by atoms with Gasteiger partial charge in [-0.1, -0.05) is 42.5 Å². The Morgan fingerprint density at radius 1 is 1.04 bits per heavy atom. The lowest BCUT2D eigenvalue weighted by Gasteiger charge is -2.10. The van der Waals surface area contributed by atoms with Crippen molar-refractivity contribution < 1.29 is 13.5 Å². The minimum absolute atomic E-state index is 0.0130. The summed E-state index contributed by atoms with van der Waals surface area (Å²) in [5.74, 6) is 0. The number of aliphatic hydroxyl groups excluding tert-OH is 1. The van der Waals surface area contributed by atoms with E-state index in [1.54, 1.807) is 28.9 Å². The standard InChI is InChI=1S/C19H20N2O3S/c1-25(23,24)18-9-7-16(8-10-18)19-17(14-20-21(19)11-12-22)13-15-5-3-2-4-6-15/h2-10,14,22H,11-13H2,1H3. The zero-order chi connectivity index (χ0) is 17.9. The molecule has 0 saturated carbocycles. The Kier molecular flexibility index (Phi) is 5.01. The van der Waals surface area contributed by atoms with Crippen molar-refractivity contribution in [3.63, 3.8) is 0 Å². The molecule has 2 aromatic carbocycles. The first-order valence-corrected chi connectivity index (χ1v) is 9.88. The molecule has 1 aromatic heterocycles. The highest BCUT2D eigenvalue weighted by Crippen LogP contribution is 2.27. The molecule has 0 fully saturated rings. The molecule has 0 amide bonds. The molecule has 0 atom stereocenters. The van der Waals surface area contributed by atoms with Gasteiger partial charge in [-0.25, -0.2) is 8.42 Å². The summed E-state index contributed by atoms with van der Waals surface area (Å²) in [7, 11) is -3.23. The number of aromatic nitrogens is 2. The van der Waals surface area contributed by atoms with E-state index in [0.717, 1.165) is 23.2 Å². The first-order chi connectivity index (χ1) is 12.0. The summed E-state index contributed by atoms with van der Waals surface area (Å²) < 4.78 is 25.1. The third kappa shape index (κ3) is 3.97. The maximum Gasteiger partial charge on any atom is 0.175 e. The molecule has 1 N–H and O–H groups in total. The quantitative estimate of drug-likeness (QED) is 0.737. The predicted molar refractivity (Wildman–Crippen MR) is 97.1 cm³/mol. The van der Waals surface area contributed by atoms with E-state index in [1.165, 1.54) is 11.8 Å². The fourth-order valence-corrected chi connectivity index (χ4v) is 3.46. The van der Waals surface area contributed by atoms with Gasteiger partial charge in [-0.05, 0) is 17.7 Å². The molecule has 25 heavy (non-hydrogen) atoms. The van der Waals surface area contributed by atoms with Gasteiger partial charge >= 0.3 is 0 Å². The predicted octanol–water partition coefficient (Wildman–Crippen LogP) is 2.54. The van der Waals surface area contributed by atoms with Gasteiger partial charge in [-0.2, -0.15) is 5.10 Å². The van der Waals surface area contributed by atoms with Gasteiger partial charge in [0.25, 0.3) is 0 Å². The Morgan fingerprint density at radius 2 is 1.72 bits per heavy atom. The van der Waals surface area contributed by atoms with Crippen LogP contribution >= 0.6 is 0 Å². The summed E-state index contributed by atoms with van der Waals surface area (Å²) in [5, 5.41) is 13.7. The van der Waals surface area contributed by atoms with Crippen molar-refractivity contribution in [2.45, 2.75) is 17.9 Å². The smallest absolute Gasteiger partial charge is 0.175 e. The van der Waals surface area contributed by atoms with E-state index in [4.69, 9.17) is 0 Å². The Bertz CT molecular complexity index is 946. The molecule has 0 bridgehead atoms. The molecular weight excluding hydrogens is 336 g/mol. The van der Waals surface area contributed by atoms with E-state index in [9.17, 15) is 13.5 Å². The summed E-state index contributed by atoms with van der Waals surface area (Å²) in [6, 6.07) is 16.9. The monoisotopic (exact) mass is 356 g/mol. The van der Waals surface area contributed by atoms with E-state index in [0.29, 0.717) is 6.54 Å². The van der Waals surface area contributed by atoms with Gasteiger partial charge < -0.3 is 5.11 Å². The van der Waals surface area contributed by atoms with Crippen LogP contribution in [-0.4, -0.2) is 36.2 Å². The Hall–Kier alpha value is -2.44. The van der Waals surface area contributed by atoms with Crippen molar-refractivity contribution in [2.24, 2.45) is 0 Å². The fraction of sp³-hybridized carbons (Fsp3) is 0.211. The second kappa shape index (κ2) is 7.21. The number of hydrogen-bond donors (Lipinski definition) is 1. The second-order valence-corrected chi connectivity index (χ2v) is 7.94. The summed E-state index contributed by atoms with van der Waals surface area (Å²) >= 11 is 0. The molecule has 130 valence electrons. The van der Waals surface area contributed by atoms with Crippen LogP contribution < -0.4 is 0 Å². The van der Waals surface area contributed by atoms with Gasteiger partial charge in [-0.15, -0.1) is 0 Å². The van der Waals surface area contributed by atoms with E-state index >= 15 is 0 Å². The van der Waals surface area contributed by atoms with Crippen molar-refractivity contribution in [1.82, 2.24) is 9.78 Å². The zero-order valence-electron chi connectivity index (χ0n) is 14.0. The van der Waals surface area contributed by atoms with Crippen molar-refractivity contribution >= 4 is 9.84 Å². The largest absolute Gasteiger partial charge is 0.394 e. The highest BCUT2D eigenvalue weighted by molar-refractivity contribution is 7.90. The lowest BCUT2D eigenvalue weighted by Crippen LogP contribution is -2.06. The third-order valence-corrected chi connectivity index (χ3v) is 5.15. The van der Waals surface area contributed by atoms with Crippen LogP contribution in [0.1, 0.15) is 11.1 Å². The van der Waals surface area contributed by atoms with Crippen LogP contribution in [0.5, 0.6) is 0 Å². The van der Waals surface area contributed by atoms with Crippen molar-refractivity contribution in [3.8, 4) is 11.3 Å². The van der Waals surface area contributed by atoms with Crippen LogP contribution in [-0.2, 0) is 22.8 Å². The van der Waals surface area contributed by atoms with Crippen molar-refractivity contribution in [1.29, 1.82) is 0 Å². The van der Waals surface area contributed by atoms with Crippen LogP contribution in [0, 0.1) is 0 Å². The molecule has 0 saturated heterocycles. The van der Waals surface area contributed by atoms with Gasteiger partial charge in [0.2, 0.25) is 0 Å². The second-order valence-electron chi connectivity index (χ2n) is 5.92. The molecule has 0 aliphatic heterocycles. The van der Waals surface area contributed by atoms with E-state index < -0.39 is 9.84 Å². The van der Waals surface area contributed by atoms with Gasteiger partial charge in [0.1, 0.15) is 0 Å². The number of aliphatic hydroxyl groups is 1. The Labute approximate surface area is 147 Å². The molecule has 3 aromatic rings. The summed E-state index contributed by atoms with van der Waals surface area (Å²) in [6.45, 7) is 0.374. The molecule has 6 heteroatoms. The Morgan fingerprint density at radius 3 is 2.32 bits per heavy atom. The number of hydrogen-bond acceptors (Lipinski definition) is 4. The zero-order valence-corrected chi connectivity index (χ0v) is 14.8. The number of rotatable bonds is 6. The average Bonchev–Trinajstić information content (AvgIpc) is 2.98. The molecular formula is C19H20N2O3S. The van der Waals surface area contributed by atoms with Crippen LogP contribution in [0.2, 0.25) is 0 Å². The maximum atomic E-state index is 11.7. The Balaban J connectivity index is 2.02. The maximum absolute atomic E-state index is 11.7. The minimum Gasteiger partial charge on any atom is -0.394 e. The van der Waals surface area contributed by atoms with Crippen molar-refractivity contribution in [3.05, 3.63) is 71.9 Å². The first-order valence-electron chi connectivity index (χ1n) is 7.99. The molecule has 0 aliphatic carbocycles. The molecule has 0 spiro atoms. The summed E-state index contributed by atoms with van der Waals surface area (Å²) in [6.07, 6.45) is 3.72. The highest BCUT2D eigenvalue weighted by atomic mass is 32.2. The van der Waals surface area contributed by atoms with Crippen LogP contribution in [0.3, 0.4) is 0 Å². The fourth-order valence-electron chi connectivity index (χ4n) is 2.83. The molecule has 0 radical (unpaired) electrons. The summed E-state index contributed by atoms with van der Waals surface area (Å²) in [4.78, 5) is 0.286. The number of nitrogens with zero attached hydrogens (tertiary/aromatic N) is 2. The molecule has 3 rings (SSSR count). The molecule has 0 unspecified atom stereocenters. The van der Waals surface area contributed by atoms with Crippen LogP contribution in [0.15, 0.2) is 65.7 Å². The first kappa shape index (κ1) is 17.4. The average molecular weight is 356 g/mol. The molecule has 5 nitrogen and oxygen atoms in total. The molecule has 1 heterocycles. The lowest BCUT2D eigenvalue weighted by molar-refractivity contribution is 0.270. The third-order valence-electron chi connectivity index (χ3n) is 4.02. The van der Waals surface area contributed by atoms with Gasteiger partial charge in [-0.3, -0.25) is 4.68 Å². The van der Waals surface area contributed by atoms with E-state index in [2.05, 4.69) is 17.2 Å². The van der Waals surface area contributed by atoms with Gasteiger partial charge in [0, 0.05) is 23.8 Å². The minimum atomic E-state index is -3.23. The van der Waals surface area contributed by atoms with E-state index in [-0.39, 0.29) is 11.5 Å². The lowest BCUT2D eigenvalue weighted by atomic mass is 10.0. The topological polar surface area (TPSA) is 72.2 Å². The number of benzene rings is 2. The molecule has 0 aliphatic rings. The SMILES string of the molecule is CS(=O)(=O)c1ccc(-c2c(Cc3ccccc3)cnn2CCO)cc1. The van der Waals surface area contributed by atoms with Crippen molar-refractivity contribution in [2.75, 3.05) is 12.9 Å². The van der Waals surface area contributed by atoms with Crippen LogP contribution in [0.25, 0.3) is 11.3 Å². The van der Waals surface area contributed by atoms with Crippen LogP contribution in [0.4, 0.5) is 0 Å². The van der Waals surface area contributed by atoms with Gasteiger partial charge in [0.05, 0.1) is 29.9 Å². The number of sulfone groups is 1. The summed E-state index contributed by atoms with van der Waals surface area (Å²) in [5.41, 5.74) is 3.98.